The van der Waals surface area contributed by atoms with E-state index in [1.165, 1.54) is 0 Å². The van der Waals surface area contributed by atoms with Crippen LogP contribution in [0.5, 0.6) is 0 Å². The summed E-state index contributed by atoms with van der Waals surface area (Å²) in [5, 5.41) is 8.26. The number of rotatable bonds is 2. The molecule has 0 aliphatic carbocycles. The van der Waals surface area contributed by atoms with Gasteiger partial charge in [0.05, 0.1) is 0 Å². The first-order valence-corrected chi connectivity index (χ1v) is 5.55. The first kappa shape index (κ1) is 9.02. The van der Waals surface area contributed by atoms with Crippen molar-refractivity contribution in [3.8, 4) is 0 Å². The monoisotopic (exact) mass is 199 g/mol. The number of thioether (sulfide) groups is 1. The van der Waals surface area contributed by atoms with Crippen LogP contribution in [0.1, 0.15) is 11.6 Å². The quantitative estimate of drug-likeness (QED) is 0.703. The molecule has 0 amide bonds. The van der Waals surface area contributed by atoms with E-state index in [2.05, 4.69) is 14.8 Å². The Bertz CT molecular complexity index is 287. The predicted molar refractivity (Wildman–Crippen MR) is 51.8 cm³/mol. The number of methoxy groups -OCH3 is 1. The molecule has 2 rings (SSSR count). The van der Waals surface area contributed by atoms with E-state index in [0.717, 1.165) is 36.1 Å². The molecule has 1 aromatic rings. The summed E-state index contributed by atoms with van der Waals surface area (Å²) in [5.41, 5.74) is 0. The highest BCUT2D eigenvalue weighted by Crippen LogP contribution is 2.14. The highest BCUT2D eigenvalue weighted by molar-refractivity contribution is 7.99. The molecule has 1 aliphatic rings. The molecule has 72 valence electrons. The zero-order chi connectivity index (χ0) is 9.10. The third-order valence-corrected chi connectivity index (χ3v) is 3.07. The van der Waals surface area contributed by atoms with Gasteiger partial charge >= 0.3 is 0 Å². The number of aromatic nitrogens is 3. The Morgan fingerprint density at radius 3 is 3.23 bits per heavy atom. The van der Waals surface area contributed by atoms with Crippen molar-refractivity contribution in [1.82, 2.24) is 14.8 Å². The molecule has 0 spiro atoms. The van der Waals surface area contributed by atoms with Crippen molar-refractivity contribution < 1.29 is 4.74 Å². The average molecular weight is 199 g/mol. The van der Waals surface area contributed by atoms with Gasteiger partial charge in [-0.3, -0.25) is 0 Å². The second-order valence-corrected chi connectivity index (χ2v) is 4.20. The Balaban J connectivity index is 2.23. The SMILES string of the molecule is COCc1nnc2n1CCSCC2. The maximum Gasteiger partial charge on any atom is 0.159 e. The van der Waals surface area contributed by atoms with Crippen LogP contribution < -0.4 is 0 Å². The van der Waals surface area contributed by atoms with Gasteiger partial charge in [-0.2, -0.15) is 11.8 Å². The minimum Gasteiger partial charge on any atom is -0.377 e. The molecule has 1 aliphatic heterocycles. The van der Waals surface area contributed by atoms with Crippen molar-refractivity contribution in [2.45, 2.75) is 19.6 Å². The van der Waals surface area contributed by atoms with Gasteiger partial charge < -0.3 is 9.30 Å². The third kappa shape index (κ3) is 1.86. The van der Waals surface area contributed by atoms with Crippen LogP contribution in [-0.2, 0) is 24.3 Å². The van der Waals surface area contributed by atoms with Gasteiger partial charge in [-0.25, -0.2) is 0 Å². The predicted octanol–water partition coefficient (Wildman–Crippen LogP) is 0.714. The van der Waals surface area contributed by atoms with E-state index in [4.69, 9.17) is 4.74 Å². The van der Waals surface area contributed by atoms with Gasteiger partial charge in [0.25, 0.3) is 0 Å². The van der Waals surface area contributed by atoms with Crippen molar-refractivity contribution in [3.05, 3.63) is 11.6 Å². The molecule has 0 saturated heterocycles. The smallest absolute Gasteiger partial charge is 0.159 e. The molecule has 0 N–H and O–H groups in total. The van der Waals surface area contributed by atoms with Crippen LogP contribution in [0.2, 0.25) is 0 Å². The first-order chi connectivity index (χ1) is 6.42. The van der Waals surface area contributed by atoms with Crippen molar-refractivity contribution in [2.75, 3.05) is 18.6 Å². The summed E-state index contributed by atoms with van der Waals surface area (Å²) < 4.78 is 7.25. The van der Waals surface area contributed by atoms with Gasteiger partial charge in [0.2, 0.25) is 0 Å². The number of hydrogen-bond acceptors (Lipinski definition) is 4. The summed E-state index contributed by atoms with van der Waals surface area (Å²) in [7, 11) is 1.69. The summed E-state index contributed by atoms with van der Waals surface area (Å²) in [4.78, 5) is 0. The summed E-state index contributed by atoms with van der Waals surface area (Å²) in [6.07, 6.45) is 1.03. The lowest BCUT2D eigenvalue weighted by atomic mass is 10.4. The molecule has 0 saturated carbocycles. The standard InChI is InChI=1S/C8H13N3OS/c1-12-6-8-10-9-7-2-4-13-5-3-11(7)8/h2-6H2,1H3. The van der Waals surface area contributed by atoms with Crippen LogP contribution >= 0.6 is 11.8 Å². The highest BCUT2D eigenvalue weighted by atomic mass is 32.2. The summed E-state index contributed by atoms with van der Waals surface area (Å²) in [6, 6.07) is 0. The van der Waals surface area contributed by atoms with Crippen molar-refractivity contribution >= 4 is 11.8 Å². The zero-order valence-electron chi connectivity index (χ0n) is 7.69. The molecule has 2 heterocycles. The Morgan fingerprint density at radius 2 is 2.38 bits per heavy atom. The van der Waals surface area contributed by atoms with Gasteiger partial charge in [0.15, 0.2) is 5.82 Å². The minimum absolute atomic E-state index is 0.567. The maximum absolute atomic E-state index is 5.06. The minimum atomic E-state index is 0.567. The molecular formula is C8H13N3OS. The molecule has 4 nitrogen and oxygen atoms in total. The number of hydrogen-bond donors (Lipinski definition) is 0. The fourth-order valence-corrected chi connectivity index (χ4v) is 2.32. The largest absolute Gasteiger partial charge is 0.377 e. The number of ether oxygens (including phenoxy) is 1. The molecule has 1 aromatic heterocycles. The molecule has 0 unspecified atom stereocenters. The van der Waals surface area contributed by atoms with Crippen molar-refractivity contribution in [3.63, 3.8) is 0 Å². The van der Waals surface area contributed by atoms with E-state index in [1.807, 2.05) is 11.8 Å². The average Bonchev–Trinajstić information content (AvgIpc) is 2.38. The van der Waals surface area contributed by atoms with Crippen LogP contribution in [0, 0.1) is 0 Å². The van der Waals surface area contributed by atoms with Gasteiger partial charge in [0, 0.05) is 31.6 Å². The van der Waals surface area contributed by atoms with Crippen LogP contribution in [0.25, 0.3) is 0 Å². The number of nitrogens with zero attached hydrogens (tertiary/aromatic N) is 3. The molecule has 5 heteroatoms. The van der Waals surface area contributed by atoms with Crippen molar-refractivity contribution in [1.29, 1.82) is 0 Å². The molecule has 13 heavy (non-hydrogen) atoms. The first-order valence-electron chi connectivity index (χ1n) is 4.39. The van der Waals surface area contributed by atoms with Gasteiger partial charge in [0.1, 0.15) is 12.4 Å². The topological polar surface area (TPSA) is 39.9 Å². The van der Waals surface area contributed by atoms with E-state index < -0.39 is 0 Å². The van der Waals surface area contributed by atoms with Crippen LogP contribution in [0.4, 0.5) is 0 Å². The Labute approximate surface area is 81.7 Å². The summed E-state index contributed by atoms with van der Waals surface area (Å²) in [5.74, 6) is 4.38. The second kappa shape index (κ2) is 4.11. The van der Waals surface area contributed by atoms with E-state index >= 15 is 0 Å². The molecular weight excluding hydrogens is 186 g/mol. The zero-order valence-corrected chi connectivity index (χ0v) is 8.51. The van der Waals surface area contributed by atoms with E-state index in [9.17, 15) is 0 Å². The van der Waals surface area contributed by atoms with E-state index in [0.29, 0.717) is 6.61 Å². The van der Waals surface area contributed by atoms with Crippen LogP contribution in [-0.4, -0.2) is 33.4 Å². The van der Waals surface area contributed by atoms with Gasteiger partial charge in [-0.05, 0) is 0 Å². The van der Waals surface area contributed by atoms with E-state index in [-0.39, 0.29) is 0 Å². The summed E-state index contributed by atoms with van der Waals surface area (Å²) in [6.45, 7) is 1.59. The second-order valence-electron chi connectivity index (χ2n) is 2.98. The normalized spacial score (nSPS) is 16.7. The fourth-order valence-electron chi connectivity index (χ4n) is 1.47. The Hall–Kier alpha value is -0.550. The summed E-state index contributed by atoms with van der Waals surface area (Å²) >= 11 is 1.97. The highest BCUT2D eigenvalue weighted by Gasteiger charge is 2.13. The lowest BCUT2D eigenvalue weighted by molar-refractivity contribution is 0.174. The Kier molecular flexibility index (Phi) is 2.85. The lowest BCUT2D eigenvalue weighted by Gasteiger charge is -2.04. The fraction of sp³-hybridized carbons (Fsp3) is 0.750. The lowest BCUT2D eigenvalue weighted by Crippen LogP contribution is -2.08. The van der Waals surface area contributed by atoms with Crippen LogP contribution in [0.3, 0.4) is 0 Å². The number of fused-ring (bicyclic) bond motifs is 1. The van der Waals surface area contributed by atoms with Crippen molar-refractivity contribution in [2.24, 2.45) is 0 Å². The molecule has 0 fully saturated rings. The van der Waals surface area contributed by atoms with Gasteiger partial charge in [-0.1, -0.05) is 0 Å². The van der Waals surface area contributed by atoms with E-state index in [1.54, 1.807) is 7.11 Å². The Morgan fingerprint density at radius 1 is 1.46 bits per heavy atom. The molecule has 0 aromatic carbocycles. The number of aryl methyl sites for hydroxylation is 1. The third-order valence-electron chi connectivity index (χ3n) is 2.11. The maximum atomic E-state index is 5.06. The molecule has 0 bridgehead atoms. The van der Waals surface area contributed by atoms with Crippen LogP contribution in [0.15, 0.2) is 0 Å². The van der Waals surface area contributed by atoms with Gasteiger partial charge in [-0.15, -0.1) is 10.2 Å². The molecule has 0 radical (unpaired) electrons. The molecule has 0 atom stereocenters.